The van der Waals surface area contributed by atoms with Crippen LogP contribution in [0.1, 0.15) is 15.2 Å². The van der Waals surface area contributed by atoms with Crippen LogP contribution < -0.4 is 0 Å². The number of amides is 2. The van der Waals surface area contributed by atoms with Crippen molar-refractivity contribution in [3.05, 3.63) is 79.9 Å². The Morgan fingerprint density at radius 3 is 2.47 bits per heavy atom. The number of rotatable bonds is 4. The van der Waals surface area contributed by atoms with Gasteiger partial charge in [-0.2, -0.15) is 0 Å². The van der Waals surface area contributed by atoms with Crippen molar-refractivity contribution in [3.8, 4) is 0 Å². The second-order valence-electron chi connectivity index (χ2n) is 7.16. The fourth-order valence-corrected chi connectivity index (χ4v) is 4.97. The van der Waals surface area contributed by atoms with Crippen LogP contribution >= 0.6 is 22.9 Å². The number of non-ortho nitro benzene ring substituents is 1. The van der Waals surface area contributed by atoms with Crippen molar-refractivity contribution in [1.29, 1.82) is 0 Å². The van der Waals surface area contributed by atoms with Crippen molar-refractivity contribution in [2.24, 2.45) is 0 Å². The molecule has 0 atom stereocenters. The smallest absolute Gasteiger partial charge is 0.270 e. The van der Waals surface area contributed by atoms with E-state index >= 15 is 0 Å². The highest BCUT2D eigenvalue weighted by Crippen LogP contribution is 2.38. The van der Waals surface area contributed by atoms with E-state index in [-0.39, 0.29) is 22.5 Å². The van der Waals surface area contributed by atoms with Gasteiger partial charge in [-0.05, 0) is 18.2 Å². The third-order valence-corrected chi connectivity index (χ3v) is 6.85. The predicted octanol–water partition coefficient (Wildman–Crippen LogP) is 4.60. The molecule has 1 saturated heterocycles. The Morgan fingerprint density at radius 2 is 1.78 bits per heavy atom. The zero-order chi connectivity index (χ0) is 22.8. The highest BCUT2D eigenvalue weighted by Gasteiger charge is 2.27. The largest absolute Gasteiger partial charge is 0.336 e. The van der Waals surface area contributed by atoms with E-state index in [9.17, 15) is 24.1 Å². The topological polar surface area (TPSA) is 83.8 Å². The zero-order valence-corrected chi connectivity index (χ0v) is 18.2. The predicted molar refractivity (Wildman–Crippen MR) is 121 cm³/mol. The van der Waals surface area contributed by atoms with Crippen molar-refractivity contribution >= 4 is 56.6 Å². The molecule has 1 fully saturated rings. The molecule has 1 aromatic heterocycles. The number of benzene rings is 2. The first-order chi connectivity index (χ1) is 15.3. The molecule has 0 aliphatic carbocycles. The van der Waals surface area contributed by atoms with Gasteiger partial charge in [-0.15, -0.1) is 11.3 Å². The van der Waals surface area contributed by atoms with E-state index in [1.54, 1.807) is 34.1 Å². The first kappa shape index (κ1) is 21.9. The van der Waals surface area contributed by atoms with Gasteiger partial charge in [0.05, 0.1) is 9.95 Å². The van der Waals surface area contributed by atoms with Crippen LogP contribution in [0.4, 0.5) is 10.1 Å². The summed E-state index contributed by atoms with van der Waals surface area (Å²) in [7, 11) is 0. The number of nitro groups is 1. The van der Waals surface area contributed by atoms with Gasteiger partial charge in [0.2, 0.25) is 5.91 Å². The lowest BCUT2D eigenvalue weighted by molar-refractivity contribution is -0.384. The molecule has 0 bridgehead atoms. The van der Waals surface area contributed by atoms with Crippen LogP contribution in [0.15, 0.2) is 48.5 Å². The third kappa shape index (κ3) is 4.35. The molecule has 32 heavy (non-hydrogen) atoms. The molecule has 0 radical (unpaired) electrons. The van der Waals surface area contributed by atoms with Crippen LogP contribution in [0.3, 0.4) is 0 Å². The van der Waals surface area contributed by atoms with Gasteiger partial charge in [0, 0.05) is 60.0 Å². The molecular weight excluding hydrogens is 457 g/mol. The highest BCUT2D eigenvalue weighted by atomic mass is 35.5. The second-order valence-corrected chi connectivity index (χ2v) is 8.59. The van der Waals surface area contributed by atoms with Crippen LogP contribution in [0.25, 0.3) is 16.2 Å². The van der Waals surface area contributed by atoms with Crippen LogP contribution in [0.2, 0.25) is 5.02 Å². The molecule has 2 aromatic carbocycles. The van der Waals surface area contributed by atoms with Crippen LogP contribution in [-0.2, 0) is 4.79 Å². The quantitative estimate of drug-likeness (QED) is 0.315. The number of hydrogen-bond donors (Lipinski definition) is 0. The number of nitrogens with zero attached hydrogens (tertiary/aromatic N) is 3. The lowest BCUT2D eigenvalue weighted by Gasteiger charge is -2.34. The fraction of sp³-hybridized carbons (Fsp3) is 0.182. The van der Waals surface area contributed by atoms with E-state index in [0.29, 0.717) is 46.7 Å². The molecule has 3 aromatic rings. The molecule has 164 valence electrons. The summed E-state index contributed by atoms with van der Waals surface area (Å²) < 4.78 is 14.3. The standard InChI is InChI=1S/C22H17ClFN3O4S/c23-20-16-7-6-15(27(30)31)13-18(16)32-21(20)22(29)26-11-9-25(10-12-26)19(28)8-5-14-3-1-2-4-17(14)24/h1-8,13H,9-12H2/b8-5+. The maximum Gasteiger partial charge on any atom is 0.270 e. The van der Waals surface area contributed by atoms with Crippen molar-refractivity contribution in [2.45, 2.75) is 0 Å². The van der Waals surface area contributed by atoms with E-state index in [0.717, 1.165) is 11.3 Å². The van der Waals surface area contributed by atoms with Gasteiger partial charge in [-0.1, -0.05) is 29.8 Å². The number of halogens is 2. The molecule has 1 aliphatic rings. The van der Waals surface area contributed by atoms with E-state index in [4.69, 9.17) is 11.6 Å². The van der Waals surface area contributed by atoms with Gasteiger partial charge in [0.25, 0.3) is 11.6 Å². The number of fused-ring (bicyclic) bond motifs is 1. The van der Waals surface area contributed by atoms with Gasteiger partial charge in [-0.3, -0.25) is 19.7 Å². The van der Waals surface area contributed by atoms with E-state index in [1.807, 2.05) is 0 Å². The van der Waals surface area contributed by atoms with Crippen LogP contribution in [0.5, 0.6) is 0 Å². The normalized spacial score (nSPS) is 14.3. The minimum absolute atomic E-state index is 0.0648. The number of carbonyl (C=O) groups is 2. The monoisotopic (exact) mass is 473 g/mol. The number of nitro benzene ring substituents is 1. The zero-order valence-electron chi connectivity index (χ0n) is 16.7. The number of piperazine rings is 1. The summed E-state index contributed by atoms with van der Waals surface area (Å²) in [5.74, 6) is -0.932. The Morgan fingerprint density at radius 1 is 1.09 bits per heavy atom. The molecule has 0 spiro atoms. The Labute approximate surface area is 191 Å². The molecule has 0 unspecified atom stereocenters. The molecule has 2 heterocycles. The Kier molecular flexibility index (Phi) is 6.20. The van der Waals surface area contributed by atoms with Crippen molar-refractivity contribution in [3.63, 3.8) is 0 Å². The maximum atomic E-state index is 13.7. The van der Waals surface area contributed by atoms with E-state index in [1.165, 1.54) is 30.4 Å². The highest BCUT2D eigenvalue weighted by molar-refractivity contribution is 7.21. The minimum Gasteiger partial charge on any atom is -0.336 e. The Balaban J connectivity index is 1.42. The number of thiophene rings is 1. The second kappa shape index (κ2) is 9.05. The average molecular weight is 474 g/mol. The minimum atomic E-state index is -0.495. The van der Waals surface area contributed by atoms with Crippen molar-refractivity contribution in [1.82, 2.24) is 9.80 Å². The summed E-state index contributed by atoms with van der Waals surface area (Å²) >= 11 is 7.50. The summed E-state index contributed by atoms with van der Waals surface area (Å²) in [6.07, 6.45) is 2.76. The molecule has 0 saturated carbocycles. The average Bonchev–Trinajstić information content (AvgIpc) is 3.13. The van der Waals surface area contributed by atoms with Gasteiger partial charge >= 0.3 is 0 Å². The number of hydrogen-bond acceptors (Lipinski definition) is 5. The first-order valence-corrected chi connectivity index (χ1v) is 10.9. The van der Waals surface area contributed by atoms with Crippen LogP contribution in [0, 0.1) is 15.9 Å². The van der Waals surface area contributed by atoms with Gasteiger partial charge in [-0.25, -0.2) is 4.39 Å². The summed E-state index contributed by atoms with van der Waals surface area (Å²) in [5.41, 5.74) is 0.263. The van der Waals surface area contributed by atoms with Crippen molar-refractivity contribution in [2.75, 3.05) is 26.2 Å². The lowest BCUT2D eigenvalue weighted by atomic mass is 10.2. The van der Waals surface area contributed by atoms with Gasteiger partial charge < -0.3 is 9.80 Å². The lowest BCUT2D eigenvalue weighted by Crippen LogP contribution is -2.50. The number of carbonyl (C=O) groups excluding carboxylic acids is 2. The van der Waals surface area contributed by atoms with E-state index < -0.39 is 10.7 Å². The molecule has 0 N–H and O–H groups in total. The van der Waals surface area contributed by atoms with Gasteiger partial charge in [0.15, 0.2) is 0 Å². The molecule has 2 amide bonds. The Bertz CT molecular complexity index is 1250. The van der Waals surface area contributed by atoms with Crippen LogP contribution in [-0.4, -0.2) is 52.7 Å². The first-order valence-electron chi connectivity index (χ1n) is 9.72. The molecule has 1 aliphatic heterocycles. The Hall–Kier alpha value is -3.30. The molecule has 10 heteroatoms. The maximum absolute atomic E-state index is 13.7. The SMILES string of the molecule is O=C(/C=C/c1ccccc1F)N1CCN(C(=O)c2sc3cc([N+](=O)[O-])ccc3c2Cl)CC1. The molecule has 4 rings (SSSR count). The fourth-order valence-electron chi connectivity index (χ4n) is 3.46. The van der Waals surface area contributed by atoms with Crippen molar-refractivity contribution < 1.29 is 18.9 Å². The summed E-state index contributed by atoms with van der Waals surface area (Å²) in [5, 5.41) is 11.9. The third-order valence-electron chi connectivity index (χ3n) is 5.21. The van der Waals surface area contributed by atoms with E-state index in [2.05, 4.69) is 0 Å². The summed E-state index contributed by atoms with van der Waals surface area (Å²) in [6, 6.07) is 10.5. The summed E-state index contributed by atoms with van der Waals surface area (Å²) in [4.78, 5) is 39.4. The van der Waals surface area contributed by atoms with Gasteiger partial charge in [0.1, 0.15) is 10.7 Å². The molecule has 7 nitrogen and oxygen atoms in total. The summed E-state index contributed by atoms with van der Waals surface area (Å²) in [6.45, 7) is 1.31. The molecular formula is C22H17ClFN3O4S.